The van der Waals surface area contributed by atoms with Gasteiger partial charge in [0.05, 0.1) is 6.10 Å². The minimum absolute atomic E-state index is 0.757. The summed E-state index contributed by atoms with van der Waals surface area (Å²) in [5, 5.41) is 11.9. The van der Waals surface area contributed by atoms with Crippen molar-refractivity contribution in [1.29, 1.82) is 0 Å². The first-order valence-electron chi connectivity index (χ1n) is 7.83. The van der Waals surface area contributed by atoms with Gasteiger partial charge in [0.2, 0.25) is 0 Å². The average Bonchev–Trinajstić information content (AvgIpc) is 2.68. The molecule has 0 unspecified atom stereocenters. The predicted octanol–water partition coefficient (Wildman–Crippen LogP) is 4.25. The molecular weight excluding hydrogens is 315 g/mol. The van der Waals surface area contributed by atoms with Crippen LogP contribution in [0.15, 0.2) is 103 Å². The Kier molecular flexibility index (Phi) is 5.10. The molecule has 0 fully saturated rings. The Morgan fingerprint density at radius 1 is 0.708 bits per heavy atom. The molecule has 0 spiro atoms. The molecule has 0 bridgehead atoms. The van der Waals surface area contributed by atoms with E-state index in [1.165, 1.54) is 0 Å². The molecule has 1 atom stereocenters. The minimum atomic E-state index is -2.94. The SMILES string of the molecule is O=P(/C=C/[C@H](O)c1ccccc1)(c1ccccc1)c1ccccc1. The Bertz CT molecular complexity index is 799. The van der Waals surface area contributed by atoms with E-state index in [4.69, 9.17) is 0 Å². The minimum Gasteiger partial charge on any atom is -0.384 e. The lowest BCUT2D eigenvalue weighted by Gasteiger charge is -2.16. The van der Waals surface area contributed by atoms with E-state index in [9.17, 15) is 9.67 Å². The zero-order valence-electron chi connectivity index (χ0n) is 13.2. The molecule has 1 N–H and O–H groups in total. The predicted molar refractivity (Wildman–Crippen MR) is 100 cm³/mol. The highest BCUT2D eigenvalue weighted by Gasteiger charge is 2.24. The fraction of sp³-hybridized carbons (Fsp3) is 0.0476. The van der Waals surface area contributed by atoms with Crippen molar-refractivity contribution in [3.05, 3.63) is 108 Å². The van der Waals surface area contributed by atoms with Gasteiger partial charge in [-0.05, 0) is 17.5 Å². The smallest absolute Gasteiger partial charge is 0.163 e. The average molecular weight is 334 g/mol. The third kappa shape index (κ3) is 3.56. The molecule has 24 heavy (non-hydrogen) atoms. The van der Waals surface area contributed by atoms with E-state index >= 15 is 0 Å². The van der Waals surface area contributed by atoms with Crippen molar-refractivity contribution in [3.63, 3.8) is 0 Å². The highest BCUT2D eigenvalue weighted by Crippen LogP contribution is 2.45. The third-order valence-electron chi connectivity index (χ3n) is 3.90. The molecule has 0 saturated carbocycles. The monoisotopic (exact) mass is 334 g/mol. The van der Waals surface area contributed by atoms with Crippen LogP contribution in [0.5, 0.6) is 0 Å². The normalized spacial score (nSPS) is 13.0. The van der Waals surface area contributed by atoms with Crippen molar-refractivity contribution in [2.75, 3.05) is 0 Å². The molecule has 3 heteroatoms. The highest BCUT2D eigenvalue weighted by atomic mass is 31.2. The molecule has 0 aromatic heterocycles. The number of aliphatic hydroxyl groups excluding tert-OH is 1. The van der Waals surface area contributed by atoms with E-state index in [1.54, 1.807) is 11.9 Å². The Labute approximate surface area is 142 Å². The first-order chi connectivity index (χ1) is 11.7. The maximum atomic E-state index is 13.8. The molecule has 0 saturated heterocycles. The lowest BCUT2D eigenvalue weighted by atomic mass is 10.1. The van der Waals surface area contributed by atoms with Gasteiger partial charge in [0.1, 0.15) is 0 Å². The zero-order chi connectivity index (χ0) is 16.8. The van der Waals surface area contributed by atoms with Gasteiger partial charge in [-0.3, -0.25) is 0 Å². The van der Waals surface area contributed by atoms with Gasteiger partial charge in [-0.2, -0.15) is 0 Å². The molecule has 0 heterocycles. The van der Waals surface area contributed by atoms with Gasteiger partial charge in [-0.15, -0.1) is 0 Å². The van der Waals surface area contributed by atoms with Crippen LogP contribution in [0.4, 0.5) is 0 Å². The van der Waals surface area contributed by atoms with Gasteiger partial charge in [-0.25, -0.2) is 0 Å². The molecular formula is C21H19O2P. The van der Waals surface area contributed by atoms with Gasteiger partial charge in [0, 0.05) is 10.6 Å². The lowest BCUT2D eigenvalue weighted by Crippen LogP contribution is -2.14. The number of hydrogen-bond acceptors (Lipinski definition) is 2. The van der Waals surface area contributed by atoms with Gasteiger partial charge in [0.25, 0.3) is 0 Å². The van der Waals surface area contributed by atoms with Crippen molar-refractivity contribution >= 4 is 17.8 Å². The number of benzene rings is 3. The molecule has 3 rings (SSSR count). The highest BCUT2D eigenvalue weighted by molar-refractivity contribution is 7.81. The number of hydrogen-bond donors (Lipinski definition) is 1. The molecule has 0 aliphatic rings. The zero-order valence-corrected chi connectivity index (χ0v) is 14.1. The second-order valence-corrected chi connectivity index (χ2v) is 8.17. The standard InChI is InChI=1S/C21H19O2P/c22-21(18-10-4-1-5-11-18)16-17-24(23,19-12-6-2-7-13-19)20-14-8-3-9-15-20/h1-17,21-22H/b17-16+/t21-/m0/s1. The van der Waals surface area contributed by atoms with Crippen LogP contribution in [-0.4, -0.2) is 5.11 Å². The maximum absolute atomic E-state index is 13.8. The van der Waals surface area contributed by atoms with Crippen molar-refractivity contribution in [3.8, 4) is 0 Å². The van der Waals surface area contributed by atoms with Crippen LogP contribution < -0.4 is 10.6 Å². The van der Waals surface area contributed by atoms with Crippen molar-refractivity contribution < 1.29 is 9.67 Å². The molecule has 3 aromatic carbocycles. The number of aliphatic hydroxyl groups is 1. The van der Waals surface area contributed by atoms with E-state index in [0.717, 1.165) is 16.2 Å². The Balaban J connectivity index is 2.00. The topological polar surface area (TPSA) is 37.3 Å². The fourth-order valence-electron chi connectivity index (χ4n) is 2.58. The van der Waals surface area contributed by atoms with Gasteiger partial charge in [0.15, 0.2) is 7.14 Å². The van der Waals surface area contributed by atoms with Crippen LogP contribution in [-0.2, 0) is 4.57 Å². The van der Waals surface area contributed by atoms with Gasteiger partial charge in [-0.1, -0.05) is 91.0 Å². The maximum Gasteiger partial charge on any atom is 0.163 e. The number of rotatable bonds is 5. The summed E-state index contributed by atoms with van der Waals surface area (Å²) in [6, 6.07) is 28.2. The van der Waals surface area contributed by atoms with Gasteiger partial charge < -0.3 is 9.67 Å². The van der Waals surface area contributed by atoms with E-state index in [2.05, 4.69) is 0 Å². The summed E-state index contributed by atoms with van der Waals surface area (Å²) in [5.41, 5.74) is 0.779. The van der Waals surface area contributed by atoms with E-state index in [0.29, 0.717) is 0 Å². The van der Waals surface area contributed by atoms with Crippen molar-refractivity contribution in [1.82, 2.24) is 0 Å². The summed E-state index contributed by atoms with van der Waals surface area (Å²) < 4.78 is 13.8. The summed E-state index contributed by atoms with van der Waals surface area (Å²) in [6.07, 6.45) is 0.836. The van der Waals surface area contributed by atoms with Crippen LogP contribution in [0.2, 0.25) is 0 Å². The first-order valence-corrected chi connectivity index (χ1v) is 9.61. The van der Waals surface area contributed by atoms with Crippen molar-refractivity contribution in [2.45, 2.75) is 6.10 Å². The summed E-state index contributed by atoms with van der Waals surface area (Å²) in [5.74, 6) is 1.66. The molecule has 3 aromatic rings. The van der Waals surface area contributed by atoms with Crippen LogP contribution in [0.1, 0.15) is 11.7 Å². The largest absolute Gasteiger partial charge is 0.384 e. The lowest BCUT2D eigenvalue weighted by molar-refractivity contribution is 0.229. The van der Waals surface area contributed by atoms with Crippen LogP contribution >= 0.6 is 7.14 Å². The molecule has 2 nitrogen and oxygen atoms in total. The summed E-state index contributed by atoms with van der Waals surface area (Å²) in [6.45, 7) is 0. The molecule has 120 valence electrons. The quantitative estimate of drug-likeness (QED) is 0.708. The van der Waals surface area contributed by atoms with Crippen LogP contribution in [0, 0.1) is 0 Å². The second kappa shape index (κ2) is 7.44. The Hall–Kier alpha value is -2.41. The van der Waals surface area contributed by atoms with Crippen LogP contribution in [0.25, 0.3) is 0 Å². The molecule has 0 aliphatic carbocycles. The summed E-state index contributed by atoms with van der Waals surface area (Å²) in [4.78, 5) is 0. The molecule has 0 amide bonds. The van der Waals surface area contributed by atoms with Gasteiger partial charge >= 0.3 is 0 Å². The summed E-state index contributed by atoms with van der Waals surface area (Å²) in [7, 11) is -2.94. The Morgan fingerprint density at radius 2 is 1.12 bits per heavy atom. The third-order valence-corrected chi connectivity index (χ3v) is 6.62. The Morgan fingerprint density at radius 3 is 1.58 bits per heavy atom. The van der Waals surface area contributed by atoms with Crippen molar-refractivity contribution in [2.24, 2.45) is 0 Å². The van der Waals surface area contributed by atoms with E-state index < -0.39 is 13.2 Å². The molecule has 0 radical (unpaired) electrons. The van der Waals surface area contributed by atoms with E-state index in [-0.39, 0.29) is 0 Å². The van der Waals surface area contributed by atoms with E-state index in [1.807, 2.05) is 91.0 Å². The second-order valence-electron chi connectivity index (χ2n) is 5.53. The fourth-order valence-corrected chi connectivity index (χ4v) is 4.86. The van der Waals surface area contributed by atoms with Crippen LogP contribution in [0.3, 0.4) is 0 Å². The molecule has 0 aliphatic heterocycles. The first kappa shape index (κ1) is 16.4. The summed E-state index contributed by atoms with van der Waals surface area (Å²) >= 11 is 0.